The second-order valence-electron chi connectivity index (χ2n) is 2.32. The Labute approximate surface area is 139 Å². The Morgan fingerprint density at radius 3 is 2.27 bits per heavy atom. The Hall–Kier alpha value is 0.836. The van der Waals surface area contributed by atoms with Crippen LogP contribution in [0, 0.1) is 0 Å². The van der Waals surface area contributed by atoms with Gasteiger partial charge in [-0.2, -0.15) is 0 Å². The molecule has 0 fully saturated rings. The fraction of sp³-hybridized carbons (Fsp3) is 0.500. The van der Waals surface area contributed by atoms with E-state index in [2.05, 4.69) is 0 Å². The van der Waals surface area contributed by atoms with Gasteiger partial charge in [0, 0.05) is 12.5 Å². The third-order valence-electron chi connectivity index (χ3n) is 1.08. The van der Waals surface area contributed by atoms with Gasteiger partial charge in [0.25, 0.3) is 0 Å². The van der Waals surface area contributed by atoms with Crippen LogP contribution in [0.1, 0.15) is 19.8 Å². The van der Waals surface area contributed by atoms with Crippen LogP contribution in [-0.2, 0) is 4.79 Å². The number of carbonyl (C=O) groups is 1. The summed E-state index contributed by atoms with van der Waals surface area (Å²) in [6, 6.07) is 0. The third-order valence-corrected chi connectivity index (χ3v) is 1.34. The second-order valence-corrected chi connectivity index (χ2v) is 2.70. The van der Waals surface area contributed by atoms with Gasteiger partial charge in [0.15, 0.2) is 0 Å². The van der Waals surface area contributed by atoms with Crippen LogP contribution in [0.4, 0.5) is 0 Å². The van der Waals surface area contributed by atoms with E-state index >= 15 is 0 Å². The predicted octanol–water partition coefficient (Wildman–Crippen LogP) is -2.13. The second kappa shape index (κ2) is 20.3. The molecule has 82 valence electrons. The molecule has 0 aliphatic heterocycles. The van der Waals surface area contributed by atoms with E-state index in [0.717, 1.165) is 18.9 Å². The van der Waals surface area contributed by atoms with Crippen molar-refractivity contribution in [2.24, 2.45) is 0 Å². The van der Waals surface area contributed by atoms with Crippen molar-refractivity contribution in [1.82, 2.24) is 0 Å². The number of carbonyl (C=O) groups excluding carboxylic acids is 1. The zero-order valence-corrected chi connectivity index (χ0v) is 13.2. The first-order valence-electron chi connectivity index (χ1n) is 4.36. The molecule has 15 heavy (non-hydrogen) atoms. The van der Waals surface area contributed by atoms with Crippen LogP contribution < -0.4 is 56.5 Å². The molecule has 0 saturated carbocycles. The van der Waals surface area contributed by atoms with Gasteiger partial charge < -0.3 is 15.0 Å². The largest absolute Gasteiger partial charge is 1.00 e. The molecule has 0 saturated heterocycles. The summed E-state index contributed by atoms with van der Waals surface area (Å²) in [5, 5.41) is 17.8. The summed E-state index contributed by atoms with van der Waals surface area (Å²) in [6.45, 7) is 2.08. The third kappa shape index (κ3) is 31.3. The van der Waals surface area contributed by atoms with Crippen molar-refractivity contribution in [3.05, 3.63) is 24.3 Å². The number of carboxylic acids is 1. The first kappa shape index (κ1) is 21.2. The van der Waals surface area contributed by atoms with Crippen molar-refractivity contribution < 1.29 is 66.4 Å². The van der Waals surface area contributed by atoms with E-state index in [1.807, 2.05) is 0 Å². The first-order valence-corrected chi connectivity index (χ1v) is 4.89. The molecule has 0 amide bonds. The van der Waals surface area contributed by atoms with Crippen LogP contribution in [0.2, 0.25) is 0 Å². The van der Waals surface area contributed by atoms with E-state index in [1.165, 1.54) is 6.08 Å². The summed E-state index contributed by atoms with van der Waals surface area (Å²) in [4.78, 5) is 9.64. The molecule has 0 aliphatic rings. The molecule has 0 unspecified atom stereocenters. The molecule has 1 N–H and O–H groups in total. The van der Waals surface area contributed by atoms with Gasteiger partial charge in [-0.3, -0.25) is 0 Å². The minimum atomic E-state index is -1.16. The zero-order chi connectivity index (χ0) is 11.2. The van der Waals surface area contributed by atoms with E-state index in [-0.39, 0.29) is 58.0 Å². The van der Waals surface area contributed by atoms with Gasteiger partial charge in [0.1, 0.15) is 0 Å². The van der Waals surface area contributed by atoms with Crippen LogP contribution in [0.25, 0.3) is 0 Å². The van der Waals surface area contributed by atoms with Gasteiger partial charge in [-0.05, 0) is 25.8 Å². The molecular formula is C10H16ClKO3. The number of unbranched alkanes of at least 4 members (excludes halogenated alkanes) is 1. The molecule has 0 atom stereocenters. The number of allylic oxidation sites excluding steroid dienone is 3. The molecule has 0 radical (unpaired) electrons. The van der Waals surface area contributed by atoms with Gasteiger partial charge >= 0.3 is 51.4 Å². The SMILES string of the molecule is CC=CC=CC(=O)[O-].OCCCCCl.[K+]. The minimum absolute atomic E-state index is 0. The van der Waals surface area contributed by atoms with Crippen LogP contribution in [-0.4, -0.2) is 23.6 Å². The van der Waals surface area contributed by atoms with Crippen molar-refractivity contribution in [2.45, 2.75) is 19.8 Å². The topological polar surface area (TPSA) is 60.4 Å². The molecule has 5 heteroatoms. The standard InChI is InChI=1S/C6H8O2.C4H9ClO.K/c1-2-3-4-5-6(7)8;5-3-1-2-4-6;/h2-5H,1H3,(H,7,8);6H,1-4H2;/q;;+1/p-1. The number of halogens is 1. The number of hydrogen-bond donors (Lipinski definition) is 1. The Morgan fingerprint density at radius 2 is 2.00 bits per heavy atom. The number of rotatable bonds is 5. The number of aliphatic carboxylic acids is 1. The smallest absolute Gasteiger partial charge is 0.545 e. The maximum Gasteiger partial charge on any atom is 1.00 e. The average Bonchev–Trinajstić information content (AvgIpc) is 2.16. The molecule has 0 aromatic rings. The van der Waals surface area contributed by atoms with Gasteiger partial charge in [-0.1, -0.05) is 18.2 Å². The summed E-state index contributed by atoms with van der Waals surface area (Å²) >= 11 is 5.27. The van der Waals surface area contributed by atoms with Crippen molar-refractivity contribution in [3.8, 4) is 0 Å². The minimum Gasteiger partial charge on any atom is -0.545 e. The Balaban J connectivity index is -0.000000187. The van der Waals surface area contributed by atoms with Crippen molar-refractivity contribution in [1.29, 1.82) is 0 Å². The van der Waals surface area contributed by atoms with Crippen molar-refractivity contribution >= 4 is 17.6 Å². The number of carboxylic acid groups (broad SMARTS) is 1. The molecule has 0 aromatic heterocycles. The average molecular weight is 259 g/mol. The van der Waals surface area contributed by atoms with E-state index in [1.54, 1.807) is 19.1 Å². The molecule has 0 spiro atoms. The van der Waals surface area contributed by atoms with Crippen LogP contribution in [0.15, 0.2) is 24.3 Å². The molecule has 0 bridgehead atoms. The zero-order valence-electron chi connectivity index (χ0n) is 9.28. The number of aliphatic hydroxyl groups excluding tert-OH is 1. The summed E-state index contributed by atoms with van der Waals surface area (Å²) in [5.41, 5.74) is 0. The summed E-state index contributed by atoms with van der Waals surface area (Å²) in [7, 11) is 0. The molecule has 0 heterocycles. The predicted molar refractivity (Wildman–Crippen MR) is 56.0 cm³/mol. The van der Waals surface area contributed by atoms with E-state index in [4.69, 9.17) is 16.7 Å². The number of alkyl halides is 1. The maximum absolute atomic E-state index is 9.64. The van der Waals surface area contributed by atoms with Crippen LogP contribution in [0.5, 0.6) is 0 Å². The van der Waals surface area contributed by atoms with Gasteiger partial charge in [0.2, 0.25) is 0 Å². The van der Waals surface area contributed by atoms with E-state index in [9.17, 15) is 9.90 Å². The van der Waals surface area contributed by atoms with E-state index in [0.29, 0.717) is 5.88 Å². The summed E-state index contributed by atoms with van der Waals surface area (Å²) < 4.78 is 0. The Kier molecular flexibility index (Phi) is 28.6. The summed E-state index contributed by atoms with van der Waals surface area (Å²) in [6.07, 6.45) is 7.51. The molecular weight excluding hydrogens is 243 g/mol. The number of hydrogen-bond acceptors (Lipinski definition) is 3. The monoisotopic (exact) mass is 258 g/mol. The first-order chi connectivity index (χ1) is 6.68. The normalized spacial score (nSPS) is 9.53. The molecule has 0 aromatic carbocycles. The fourth-order valence-electron chi connectivity index (χ4n) is 0.452. The Morgan fingerprint density at radius 1 is 1.40 bits per heavy atom. The Bertz CT molecular complexity index is 178. The molecule has 3 nitrogen and oxygen atoms in total. The van der Waals surface area contributed by atoms with Crippen LogP contribution in [0.3, 0.4) is 0 Å². The summed E-state index contributed by atoms with van der Waals surface area (Å²) in [5.74, 6) is -0.497. The number of aliphatic hydroxyl groups is 1. The maximum atomic E-state index is 9.64. The van der Waals surface area contributed by atoms with Gasteiger partial charge in [-0.15, -0.1) is 11.6 Å². The fourth-order valence-corrected chi connectivity index (χ4v) is 0.641. The van der Waals surface area contributed by atoms with E-state index < -0.39 is 5.97 Å². The van der Waals surface area contributed by atoms with Crippen molar-refractivity contribution in [2.75, 3.05) is 12.5 Å². The van der Waals surface area contributed by atoms with Crippen molar-refractivity contribution in [3.63, 3.8) is 0 Å². The molecule has 0 rings (SSSR count). The molecule has 0 aliphatic carbocycles. The van der Waals surface area contributed by atoms with Gasteiger partial charge in [0.05, 0.1) is 5.97 Å². The quantitative estimate of drug-likeness (QED) is 0.202. The van der Waals surface area contributed by atoms with Crippen LogP contribution >= 0.6 is 11.6 Å². The van der Waals surface area contributed by atoms with Gasteiger partial charge in [-0.25, -0.2) is 0 Å².